The van der Waals surface area contributed by atoms with Gasteiger partial charge < -0.3 is 10.6 Å². The van der Waals surface area contributed by atoms with Gasteiger partial charge in [0.2, 0.25) is 5.91 Å². The predicted octanol–water partition coefficient (Wildman–Crippen LogP) is 5.33. The molecule has 2 aromatic rings. The Morgan fingerprint density at radius 2 is 1.83 bits per heavy atom. The molecule has 2 amide bonds. The van der Waals surface area contributed by atoms with E-state index < -0.39 is 23.7 Å². The van der Waals surface area contributed by atoms with Gasteiger partial charge in [-0.1, -0.05) is 31.5 Å². The molecule has 1 saturated carbocycles. The first-order valence-corrected chi connectivity index (χ1v) is 9.67. The second-order valence-corrected chi connectivity index (χ2v) is 7.28. The molecule has 0 heterocycles. The fraction of sp³-hybridized carbons (Fsp3) is 0.364. The van der Waals surface area contributed by atoms with E-state index >= 15 is 0 Å². The second kappa shape index (κ2) is 8.68. The Balaban J connectivity index is 1.75. The highest BCUT2D eigenvalue weighted by Gasteiger charge is 2.31. The third-order valence-corrected chi connectivity index (χ3v) is 4.84. The molecule has 0 spiro atoms. The zero-order valence-electron chi connectivity index (χ0n) is 16.1. The molecule has 0 aromatic heterocycles. The van der Waals surface area contributed by atoms with Gasteiger partial charge in [0.15, 0.2) is 0 Å². The number of rotatable bonds is 7. The summed E-state index contributed by atoms with van der Waals surface area (Å²) in [5, 5.41) is 5.62. The van der Waals surface area contributed by atoms with Crippen molar-refractivity contribution in [2.45, 2.75) is 44.8 Å². The quantitative estimate of drug-likeness (QED) is 0.656. The van der Waals surface area contributed by atoms with Crippen molar-refractivity contribution in [2.75, 3.05) is 5.32 Å². The van der Waals surface area contributed by atoms with Crippen molar-refractivity contribution < 1.29 is 22.8 Å². The minimum absolute atomic E-state index is 0.0438. The van der Waals surface area contributed by atoms with E-state index in [-0.39, 0.29) is 11.8 Å². The Hall–Kier alpha value is -2.83. The van der Waals surface area contributed by atoms with Crippen LogP contribution in [0.5, 0.6) is 0 Å². The summed E-state index contributed by atoms with van der Waals surface area (Å²) in [6.07, 6.45) is -1.49. The SMILES string of the molecule is CCCC(NC(=O)c1cccc(NC(=O)C2CC2)c1)c1cccc(C(F)(F)F)c1. The molecule has 29 heavy (non-hydrogen) atoms. The number of hydrogen-bond acceptors (Lipinski definition) is 2. The van der Waals surface area contributed by atoms with Gasteiger partial charge in [0.25, 0.3) is 5.91 Å². The van der Waals surface area contributed by atoms with E-state index in [0.29, 0.717) is 29.7 Å². The summed E-state index contributed by atoms with van der Waals surface area (Å²) in [5.74, 6) is -0.416. The minimum atomic E-state index is -4.44. The van der Waals surface area contributed by atoms with Gasteiger partial charge in [-0.2, -0.15) is 13.2 Å². The van der Waals surface area contributed by atoms with Crippen LogP contribution in [-0.2, 0) is 11.0 Å². The van der Waals surface area contributed by atoms with Gasteiger partial charge in [-0.25, -0.2) is 0 Å². The molecule has 0 bridgehead atoms. The molecule has 0 aliphatic heterocycles. The van der Waals surface area contributed by atoms with Gasteiger partial charge in [-0.15, -0.1) is 0 Å². The second-order valence-electron chi connectivity index (χ2n) is 7.28. The van der Waals surface area contributed by atoms with Crippen molar-refractivity contribution in [2.24, 2.45) is 5.92 Å². The Kier molecular flexibility index (Phi) is 6.25. The van der Waals surface area contributed by atoms with Crippen LogP contribution in [0.4, 0.5) is 18.9 Å². The highest BCUT2D eigenvalue weighted by molar-refractivity contribution is 5.98. The Bertz CT molecular complexity index is 892. The number of halogens is 3. The number of nitrogens with one attached hydrogen (secondary N) is 2. The topological polar surface area (TPSA) is 58.2 Å². The van der Waals surface area contributed by atoms with E-state index in [0.717, 1.165) is 25.0 Å². The van der Waals surface area contributed by atoms with E-state index in [2.05, 4.69) is 10.6 Å². The first-order valence-electron chi connectivity index (χ1n) is 9.67. The molecule has 7 heteroatoms. The molecular formula is C22H23F3N2O2. The van der Waals surface area contributed by atoms with Crippen LogP contribution in [-0.4, -0.2) is 11.8 Å². The van der Waals surface area contributed by atoms with Crippen molar-refractivity contribution in [1.29, 1.82) is 0 Å². The van der Waals surface area contributed by atoms with Crippen molar-refractivity contribution in [3.8, 4) is 0 Å². The van der Waals surface area contributed by atoms with Crippen LogP contribution >= 0.6 is 0 Å². The summed E-state index contributed by atoms with van der Waals surface area (Å²) >= 11 is 0. The van der Waals surface area contributed by atoms with E-state index in [9.17, 15) is 22.8 Å². The maximum Gasteiger partial charge on any atom is 0.416 e. The maximum absolute atomic E-state index is 13.0. The molecule has 2 N–H and O–H groups in total. The van der Waals surface area contributed by atoms with Crippen LogP contribution in [0.1, 0.15) is 60.1 Å². The summed E-state index contributed by atoms with van der Waals surface area (Å²) in [5.41, 5.74) is 0.538. The first-order chi connectivity index (χ1) is 13.8. The normalized spacial score (nSPS) is 14.9. The molecule has 1 fully saturated rings. The lowest BCUT2D eigenvalue weighted by Gasteiger charge is -2.20. The van der Waals surface area contributed by atoms with Crippen molar-refractivity contribution >= 4 is 17.5 Å². The van der Waals surface area contributed by atoms with E-state index in [4.69, 9.17) is 0 Å². The molecule has 1 unspecified atom stereocenters. The molecule has 154 valence electrons. The van der Waals surface area contributed by atoms with Crippen LogP contribution in [0.3, 0.4) is 0 Å². The summed E-state index contributed by atoms with van der Waals surface area (Å²) in [7, 11) is 0. The molecule has 0 saturated heterocycles. The zero-order valence-corrected chi connectivity index (χ0v) is 16.1. The third-order valence-electron chi connectivity index (χ3n) is 4.84. The van der Waals surface area contributed by atoms with E-state index in [1.807, 2.05) is 6.92 Å². The Morgan fingerprint density at radius 1 is 1.10 bits per heavy atom. The molecule has 0 radical (unpaired) electrons. The number of benzene rings is 2. The van der Waals surface area contributed by atoms with Crippen molar-refractivity contribution in [1.82, 2.24) is 5.32 Å². The summed E-state index contributed by atoms with van der Waals surface area (Å²) in [6.45, 7) is 1.90. The zero-order chi connectivity index (χ0) is 21.0. The molecular weight excluding hydrogens is 381 g/mol. The number of carbonyl (C=O) groups excluding carboxylic acids is 2. The molecule has 1 aliphatic rings. The largest absolute Gasteiger partial charge is 0.416 e. The summed E-state index contributed by atoms with van der Waals surface area (Å²) in [4.78, 5) is 24.6. The lowest BCUT2D eigenvalue weighted by Crippen LogP contribution is -2.29. The maximum atomic E-state index is 13.0. The fourth-order valence-corrected chi connectivity index (χ4v) is 3.11. The van der Waals surface area contributed by atoms with Crippen LogP contribution in [0.15, 0.2) is 48.5 Å². The van der Waals surface area contributed by atoms with Gasteiger partial charge >= 0.3 is 6.18 Å². The number of anilines is 1. The van der Waals surface area contributed by atoms with E-state index in [1.165, 1.54) is 6.07 Å². The van der Waals surface area contributed by atoms with Crippen LogP contribution in [0, 0.1) is 5.92 Å². The van der Waals surface area contributed by atoms with E-state index in [1.54, 1.807) is 30.3 Å². The Morgan fingerprint density at radius 3 is 2.48 bits per heavy atom. The monoisotopic (exact) mass is 404 g/mol. The lowest BCUT2D eigenvalue weighted by atomic mass is 9.99. The molecule has 2 aromatic carbocycles. The molecule has 3 rings (SSSR count). The average molecular weight is 404 g/mol. The van der Waals surface area contributed by atoms with Gasteiger partial charge in [-0.05, 0) is 55.2 Å². The number of amides is 2. The van der Waals surface area contributed by atoms with Gasteiger partial charge in [0.05, 0.1) is 11.6 Å². The molecule has 1 atom stereocenters. The number of carbonyl (C=O) groups is 2. The third kappa shape index (κ3) is 5.59. The summed E-state index contributed by atoms with van der Waals surface area (Å²) in [6, 6.07) is 11.0. The van der Waals surface area contributed by atoms with Crippen LogP contribution in [0.25, 0.3) is 0 Å². The number of hydrogen-bond donors (Lipinski definition) is 2. The molecule has 1 aliphatic carbocycles. The standard InChI is InChI=1S/C22H23F3N2O2/c1-2-5-19(15-6-3-8-17(12-15)22(23,24)25)27-21(29)16-7-4-9-18(13-16)26-20(28)14-10-11-14/h3-4,6-9,12-14,19H,2,5,10-11H2,1H3,(H,26,28)(H,27,29). The van der Waals surface area contributed by atoms with Crippen molar-refractivity contribution in [3.63, 3.8) is 0 Å². The van der Waals surface area contributed by atoms with Gasteiger partial charge in [-0.3, -0.25) is 9.59 Å². The van der Waals surface area contributed by atoms with Crippen LogP contribution < -0.4 is 10.6 Å². The molecule has 4 nitrogen and oxygen atoms in total. The highest BCUT2D eigenvalue weighted by atomic mass is 19.4. The van der Waals surface area contributed by atoms with Crippen molar-refractivity contribution in [3.05, 3.63) is 65.2 Å². The van der Waals surface area contributed by atoms with Gasteiger partial charge in [0, 0.05) is 17.2 Å². The first kappa shape index (κ1) is 20.9. The fourth-order valence-electron chi connectivity index (χ4n) is 3.11. The van der Waals surface area contributed by atoms with Crippen LogP contribution in [0.2, 0.25) is 0 Å². The smallest absolute Gasteiger partial charge is 0.345 e. The minimum Gasteiger partial charge on any atom is -0.345 e. The number of alkyl halides is 3. The summed E-state index contributed by atoms with van der Waals surface area (Å²) < 4.78 is 39.1. The average Bonchev–Trinajstić information content (AvgIpc) is 3.52. The Labute approximate surface area is 167 Å². The predicted molar refractivity (Wildman–Crippen MR) is 104 cm³/mol. The highest BCUT2D eigenvalue weighted by Crippen LogP contribution is 2.32. The lowest BCUT2D eigenvalue weighted by molar-refractivity contribution is -0.137. The van der Waals surface area contributed by atoms with Gasteiger partial charge in [0.1, 0.15) is 0 Å².